The highest BCUT2D eigenvalue weighted by molar-refractivity contribution is 5.72. The van der Waals surface area contributed by atoms with Crippen molar-refractivity contribution in [2.45, 2.75) is 25.6 Å². The van der Waals surface area contributed by atoms with Crippen LogP contribution in [-0.4, -0.2) is 71.0 Å². The van der Waals surface area contributed by atoms with Crippen LogP contribution < -0.4 is 0 Å². The minimum absolute atomic E-state index is 0.0316. The summed E-state index contributed by atoms with van der Waals surface area (Å²) in [6.45, 7) is 1.10. The van der Waals surface area contributed by atoms with Gasteiger partial charge in [-0.05, 0) is 30.2 Å². The number of tetrazole rings is 1. The van der Waals surface area contributed by atoms with E-state index in [1.54, 1.807) is 18.3 Å². The van der Waals surface area contributed by atoms with Crippen LogP contribution in [0, 0.1) is 0 Å². The van der Waals surface area contributed by atoms with Crippen molar-refractivity contribution in [3.8, 4) is 23.0 Å². The Bertz CT molecular complexity index is 904. The number of nitrogens with zero attached hydrogens (tertiary/aromatic N) is 7. The number of hydrogen-bond acceptors (Lipinski definition) is 9. The molecule has 3 aromatic rings. The summed E-state index contributed by atoms with van der Waals surface area (Å²) >= 11 is 0. The van der Waals surface area contributed by atoms with Gasteiger partial charge >= 0.3 is 6.09 Å². The van der Waals surface area contributed by atoms with Crippen LogP contribution in [0.25, 0.3) is 23.0 Å². The molecule has 12 heteroatoms. The van der Waals surface area contributed by atoms with Crippen LogP contribution in [0.15, 0.2) is 22.9 Å². The Morgan fingerprint density at radius 3 is 3.00 bits per heavy atom. The number of hydrogen-bond donors (Lipinski definition) is 2. The average Bonchev–Trinajstić information content (AvgIpc) is 3.39. The summed E-state index contributed by atoms with van der Waals surface area (Å²) in [5.41, 5.74) is 1.07. The molecule has 1 fully saturated rings. The van der Waals surface area contributed by atoms with Gasteiger partial charge in [0, 0.05) is 19.3 Å². The van der Waals surface area contributed by atoms with E-state index in [1.807, 2.05) is 0 Å². The molecule has 1 aliphatic rings. The standard InChI is InChI=1S/C15H16N8O4/c24-15(25)23-6-3-9(4-7-23)26-8-11-17-14(27-20-11)10-2-1-5-16-12(10)13-18-21-22-19-13/h1-2,5,9H,3-4,6-8H2,(H,24,25)(H,18,19,21,22). The van der Waals surface area contributed by atoms with E-state index in [4.69, 9.17) is 14.4 Å². The molecule has 0 bridgehead atoms. The quantitative estimate of drug-likeness (QED) is 0.661. The minimum Gasteiger partial charge on any atom is -0.465 e. The second-order valence-electron chi connectivity index (χ2n) is 5.93. The topological polar surface area (TPSA) is 156 Å². The number of rotatable bonds is 5. The number of pyridine rings is 1. The van der Waals surface area contributed by atoms with Crippen LogP contribution in [0.5, 0.6) is 0 Å². The SMILES string of the molecule is O=C(O)N1CCC(OCc2noc(-c3cccnc3-c3nn[nH]n3)n2)CC1. The minimum atomic E-state index is -0.898. The molecule has 3 aromatic heterocycles. The second kappa shape index (κ2) is 7.45. The maximum atomic E-state index is 10.9. The zero-order valence-corrected chi connectivity index (χ0v) is 14.1. The van der Waals surface area contributed by atoms with E-state index in [0.29, 0.717) is 48.8 Å². The normalized spacial score (nSPS) is 15.2. The number of carboxylic acid groups (broad SMARTS) is 1. The first kappa shape index (κ1) is 17.0. The summed E-state index contributed by atoms with van der Waals surface area (Å²) < 4.78 is 11.1. The van der Waals surface area contributed by atoms with Gasteiger partial charge in [0.15, 0.2) is 5.82 Å². The average molecular weight is 372 g/mol. The lowest BCUT2D eigenvalue weighted by atomic mass is 10.1. The molecule has 0 atom stereocenters. The van der Waals surface area contributed by atoms with Crippen molar-refractivity contribution in [2.24, 2.45) is 0 Å². The summed E-state index contributed by atoms with van der Waals surface area (Å²) in [5, 5.41) is 26.7. The smallest absolute Gasteiger partial charge is 0.407 e. The summed E-state index contributed by atoms with van der Waals surface area (Å²) in [6, 6.07) is 3.52. The molecular formula is C15H16N8O4. The predicted molar refractivity (Wildman–Crippen MR) is 88.1 cm³/mol. The van der Waals surface area contributed by atoms with Gasteiger partial charge < -0.3 is 19.3 Å². The predicted octanol–water partition coefficient (Wildman–Crippen LogP) is 0.971. The van der Waals surface area contributed by atoms with Gasteiger partial charge in [-0.3, -0.25) is 4.98 Å². The molecule has 0 unspecified atom stereocenters. The molecule has 140 valence electrons. The number of H-pyrrole nitrogens is 1. The molecular weight excluding hydrogens is 356 g/mol. The first-order chi connectivity index (χ1) is 13.2. The highest BCUT2D eigenvalue weighted by Gasteiger charge is 2.23. The van der Waals surface area contributed by atoms with E-state index < -0.39 is 6.09 Å². The molecule has 0 aromatic carbocycles. The van der Waals surface area contributed by atoms with Gasteiger partial charge in [-0.2, -0.15) is 10.2 Å². The van der Waals surface area contributed by atoms with Crippen molar-refractivity contribution >= 4 is 6.09 Å². The van der Waals surface area contributed by atoms with Crippen molar-refractivity contribution in [1.29, 1.82) is 0 Å². The van der Waals surface area contributed by atoms with Crippen LogP contribution in [0.3, 0.4) is 0 Å². The Labute approximate surface area is 152 Å². The van der Waals surface area contributed by atoms with E-state index in [-0.39, 0.29) is 18.6 Å². The van der Waals surface area contributed by atoms with Crippen molar-refractivity contribution in [2.75, 3.05) is 13.1 Å². The maximum Gasteiger partial charge on any atom is 0.407 e. The molecule has 0 aliphatic carbocycles. The molecule has 2 N–H and O–H groups in total. The summed E-state index contributed by atoms with van der Waals surface area (Å²) in [7, 11) is 0. The lowest BCUT2D eigenvalue weighted by Gasteiger charge is -2.29. The molecule has 1 saturated heterocycles. The number of aromatic amines is 1. The largest absolute Gasteiger partial charge is 0.465 e. The highest BCUT2D eigenvalue weighted by atomic mass is 16.5. The molecule has 0 saturated carbocycles. The maximum absolute atomic E-state index is 10.9. The van der Waals surface area contributed by atoms with Gasteiger partial charge in [0.2, 0.25) is 5.82 Å². The Kier molecular flexibility index (Phi) is 4.70. The molecule has 27 heavy (non-hydrogen) atoms. The Morgan fingerprint density at radius 2 is 2.26 bits per heavy atom. The fourth-order valence-electron chi connectivity index (χ4n) is 2.85. The van der Waals surface area contributed by atoms with E-state index in [2.05, 4.69) is 35.7 Å². The first-order valence-electron chi connectivity index (χ1n) is 8.32. The van der Waals surface area contributed by atoms with Crippen LogP contribution in [0.1, 0.15) is 18.7 Å². The Hall–Kier alpha value is -3.41. The van der Waals surface area contributed by atoms with Gasteiger partial charge in [-0.25, -0.2) is 4.79 Å². The van der Waals surface area contributed by atoms with Crippen molar-refractivity contribution in [1.82, 2.24) is 40.6 Å². The lowest BCUT2D eigenvalue weighted by molar-refractivity contribution is -0.00294. The Morgan fingerprint density at radius 1 is 1.41 bits per heavy atom. The van der Waals surface area contributed by atoms with Crippen molar-refractivity contribution in [3.05, 3.63) is 24.2 Å². The zero-order valence-electron chi connectivity index (χ0n) is 14.1. The highest BCUT2D eigenvalue weighted by Crippen LogP contribution is 2.26. The second-order valence-corrected chi connectivity index (χ2v) is 5.93. The van der Waals surface area contributed by atoms with E-state index >= 15 is 0 Å². The van der Waals surface area contributed by atoms with Gasteiger partial charge in [-0.1, -0.05) is 5.16 Å². The number of ether oxygens (including phenoxy) is 1. The number of carbonyl (C=O) groups is 1. The third kappa shape index (κ3) is 3.74. The number of piperidine rings is 1. The first-order valence-corrected chi connectivity index (χ1v) is 8.32. The molecule has 0 spiro atoms. The van der Waals surface area contributed by atoms with Gasteiger partial charge in [0.25, 0.3) is 5.89 Å². The fourth-order valence-corrected chi connectivity index (χ4v) is 2.85. The third-order valence-corrected chi connectivity index (χ3v) is 4.22. The van der Waals surface area contributed by atoms with E-state index in [9.17, 15) is 4.79 Å². The van der Waals surface area contributed by atoms with Crippen molar-refractivity contribution < 1.29 is 19.2 Å². The number of amides is 1. The molecule has 4 rings (SSSR count). The number of aromatic nitrogens is 7. The molecule has 12 nitrogen and oxygen atoms in total. The van der Waals surface area contributed by atoms with Crippen LogP contribution in [-0.2, 0) is 11.3 Å². The van der Waals surface area contributed by atoms with Crippen LogP contribution in [0.2, 0.25) is 0 Å². The number of likely N-dealkylation sites (tertiary alicyclic amines) is 1. The van der Waals surface area contributed by atoms with Gasteiger partial charge in [0.1, 0.15) is 12.3 Å². The zero-order chi connectivity index (χ0) is 18.6. The third-order valence-electron chi connectivity index (χ3n) is 4.22. The van der Waals surface area contributed by atoms with Crippen molar-refractivity contribution in [3.63, 3.8) is 0 Å². The van der Waals surface area contributed by atoms with Crippen LogP contribution >= 0.6 is 0 Å². The van der Waals surface area contributed by atoms with Gasteiger partial charge in [0.05, 0.1) is 11.7 Å². The van der Waals surface area contributed by atoms with E-state index in [0.717, 1.165) is 0 Å². The van der Waals surface area contributed by atoms with E-state index in [1.165, 1.54) is 4.90 Å². The molecule has 0 radical (unpaired) electrons. The molecule has 1 amide bonds. The number of nitrogens with one attached hydrogen (secondary N) is 1. The van der Waals surface area contributed by atoms with Crippen LogP contribution in [0.4, 0.5) is 4.79 Å². The fraction of sp³-hybridized carbons (Fsp3) is 0.400. The van der Waals surface area contributed by atoms with Gasteiger partial charge in [-0.15, -0.1) is 10.2 Å². The lowest BCUT2D eigenvalue weighted by Crippen LogP contribution is -2.40. The summed E-state index contributed by atoms with van der Waals surface area (Å²) in [4.78, 5) is 20.9. The monoisotopic (exact) mass is 372 g/mol. The molecule has 4 heterocycles. The Balaban J connectivity index is 1.41. The molecule has 1 aliphatic heterocycles. The summed E-state index contributed by atoms with van der Waals surface area (Å²) in [5.74, 6) is 1.00. The summed E-state index contributed by atoms with van der Waals surface area (Å²) in [6.07, 6.45) is 1.96.